The third-order valence-corrected chi connectivity index (χ3v) is 7.17. The standard InChI is InChI=1S/C27H28N3O2S/c1-5-28-20-12-8-9-13-21(20)29(6-2)24(28)16-18-26(31)19(27(18)33-4)17-25-30(7-3)22-14-10-11-15-23(22)32-25/h8-17H,5-7H2,1-4H3/q+1. The van der Waals surface area contributed by atoms with Crippen LogP contribution in [0.1, 0.15) is 26.7 Å². The number of ketones is 1. The Morgan fingerprint density at radius 3 is 2.18 bits per heavy atom. The first kappa shape index (κ1) is 21.6. The molecular formula is C27H28N3O2S+. The molecule has 5 rings (SSSR count). The lowest BCUT2D eigenvalue weighted by Gasteiger charge is -2.27. The summed E-state index contributed by atoms with van der Waals surface area (Å²) < 4.78 is 8.19. The number of carbonyl (C=O) groups excluding carboxylic acids is 1. The van der Waals surface area contributed by atoms with Gasteiger partial charge in [0.2, 0.25) is 5.58 Å². The van der Waals surface area contributed by atoms with E-state index in [1.807, 2.05) is 36.6 Å². The number of Topliss-reactive ketones (excluding diaryl/α,β-unsaturated/α-hetero) is 1. The summed E-state index contributed by atoms with van der Waals surface area (Å²) in [5.74, 6) is 1.83. The Labute approximate surface area is 198 Å². The molecule has 0 unspecified atom stereocenters. The Morgan fingerprint density at radius 1 is 0.939 bits per heavy atom. The molecule has 2 heterocycles. The van der Waals surface area contributed by atoms with Crippen LogP contribution in [-0.2, 0) is 11.3 Å². The summed E-state index contributed by atoms with van der Waals surface area (Å²) in [5.41, 5.74) is 5.73. The Morgan fingerprint density at radius 2 is 1.58 bits per heavy atom. The number of fused-ring (bicyclic) bond motifs is 2. The number of hydrogen-bond acceptors (Lipinski definition) is 5. The predicted molar refractivity (Wildman–Crippen MR) is 136 cm³/mol. The number of nitrogens with zero attached hydrogens (tertiary/aromatic N) is 3. The van der Waals surface area contributed by atoms with Crippen molar-refractivity contribution in [1.82, 2.24) is 0 Å². The molecule has 0 saturated carbocycles. The minimum atomic E-state index is 0.0676. The monoisotopic (exact) mass is 458 g/mol. The Kier molecular flexibility index (Phi) is 5.62. The maximum Gasteiger partial charge on any atom is 0.374 e. The molecule has 6 heteroatoms. The van der Waals surface area contributed by atoms with E-state index in [0.717, 1.165) is 52.6 Å². The topological polar surface area (TPSA) is 40.6 Å². The summed E-state index contributed by atoms with van der Waals surface area (Å²) in [6.45, 7) is 8.83. The number of carbonyl (C=O) groups is 1. The van der Waals surface area contributed by atoms with Gasteiger partial charge in [0.1, 0.15) is 12.4 Å². The van der Waals surface area contributed by atoms with Crippen LogP contribution < -0.4 is 14.4 Å². The van der Waals surface area contributed by atoms with E-state index < -0.39 is 0 Å². The van der Waals surface area contributed by atoms with Gasteiger partial charge in [0, 0.05) is 35.2 Å². The summed E-state index contributed by atoms with van der Waals surface area (Å²) in [6, 6.07) is 16.4. The molecule has 2 aromatic carbocycles. The zero-order chi connectivity index (χ0) is 23.1. The van der Waals surface area contributed by atoms with Gasteiger partial charge in [-0.15, -0.1) is 11.8 Å². The Balaban J connectivity index is 1.58. The molecule has 0 amide bonds. The molecule has 33 heavy (non-hydrogen) atoms. The van der Waals surface area contributed by atoms with Crippen LogP contribution in [0.25, 0.3) is 17.2 Å². The van der Waals surface area contributed by atoms with Gasteiger partial charge in [-0.25, -0.2) is 0 Å². The zero-order valence-corrected chi connectivity index (χ0v) is 20.3. The molecule has 5 nitrogen and oxygen atoms in total. The average molecular weight is 459 g/mol. The van der Waals surface area contributed by atoms with Crippen LogP contribution in [0.4, 0.5) is 11.4 Å². The van der Waals surface area contributed by atoms with Crippen LogP contribution in [0.3, 0.4) is 0 Å². The molecule has 1 aromatic heterocycles. The first-order valence-corrected chi connectivity index (χ1v) is 12.7. The molecule has 1 aliphatic carbocycles. The highest BCUT2D eigenvalue weighted by molar-refractivity contribution is 8.02. The van der Waals surface area contributed by atoms with Gasteiger partial charge < -0.3 is 14.2 Å². The quantitative estimate of drug-likeness (QED) is 0.359. The fourth-order valence-corrected chi connectivity index (χ4v) is 5.53. The van der Waals surface area contributed by atoms with E-state index in [9.17, 15) is 4.79 Å². The molecule has 0 fully saturated rings. The van der Waals surface area contributed by atoms with Crippen molar-refractivity contribution >= 4 is 46.1 Å². The van der Waals surface area contributed by atoms with Gasteiger partial charge in [-0.2, -0.15) is 4.57 Å². The summed E-state index contributed by atoms with van der Waals surface area (Å²) in [4.78, 5) is 18.9. The summed E-state index contributed by atoms with van der Waals surface area (Å²) in [7, 11) is 0. The third kappa shape index (κ3) is 3.32. The molecule has 3 aromatic rings. The summed E-state index contributed by atoms with van der Waals surface area (Å²) in [6.07, 6.45) is 5.99. The van der Waals surface area contributed by atoms with E-state index in [1.54, 1.807) is 11.8 Å². The van der Waals surface area contributed by atoms with Crippen LogP contribution in [-0.4, -0.2) is 25.1 Å². The molecule has 1 aliphatic heterocycles. The van der Waals surface area contributed by atoms with Crippen molar-refractivity contribution in [2.45, 2.75) is 27.3 Å². The molecule has 0 atom stereocenters. The number of aryl methyl sites for hydroxylation is 1. The predicted octanol–water partition coefficient (Wildman–Crippen LogP) is 5.53. The molecule has 0 N–H and O–H groups in total. The van der Waals surface area contributed by atoms with Crippen LogP contribution in [0.5, 0.6) is 0 Å². The lowest BCUT2D eigenvalue weighted by atomic mass is 9.89. The van der Waals surface area contributed by atoms with Crippen molar-refractivity contribution in [3.8, 4) is 0 Å². The number of oxazole rings is 1. The van der Waals surface area contributed by atoms with Gasteiger partial charge >= 0.3 is 5.89 Å². The molecular weight excluding hydrogens is 430 g/mol. The van der Waals surface area contributed by atoms with Gasteiger partial charge in [0.15, 0.2) is 5.78 Å². The fourth-order valence-electron chi connectivity index (χ4n) is 4.79. The maximum atomic E-state index is 13.3. The second-order valence-corrected chi connectivity index (χ2v) is 8.78. The number of thioether (sulfide) groups is 1. The maximum absolute atomic E-state index is 13.3. The lowest BCUT2D eigenvalue weighted by molar-refractivity contribution is -0.674. The molecule has 0 radical (unpaired) electrons. The third-order valence-electron chi connectivity index (χ3n) is 6.33. The molecule has 0 spiro atoms. The van der Waals surface area contributed by atoms with Gasteiger partial charge in [0.25, 0.3) is 5.52 Å². The van der Waals surface area contributed by atoms with Crippen LogP contribution in [0.15, 0.2) is 80.9 Å². The van der Waals surface area contributed by atoms with E-state index >= 15 is 0 Å². The molecule has 0 saturated heterocycles. The molecule has 0 bridgehead atoms. The molecule has 2 aliphatic rings. The minimum Gasteiger partial charge on any atom is -0.398 e. The van der Waals surface area contributed by atoms with Crippen molar-refractivity contribution in [2.24, 2.45) is 0 Å². The smallest absolute Gasteiger partial charge is 0.374 e. The van der Waals surface area contributed by atoms with Crippen molar-refractivity contribution < 1.29 is 13.8 Å². The lowest BCUT2D eigenvalue weighted by Crippen LogP contribution is -2.34. The van der Waals surface area contributed by atoms with Crippen LogP contribution in [0, 0.1) is 0 Å². The van der Waals surface area contributed by atoms with Crippen LogP contribution >= 0.6 is 11.8 Å². The normalized spacial score (nSPS) is 16.8. The Bertz CT molecular complexity index is 1320. The van der Waals surface area contributed by atoms with Crippen LogP contribution in [0.2, 0.25) is 0 Å². The van der Waals surface area contributed by atoms with E-state index in [4.69, 9.17) is 4.42 Å². The second-order valence-electron chi connectivity index (χ2n) is 7.97. The van der Waals surface area contributed by atoms with Gasteiger partial charge in [-0.3, -0.25) is 4.79 Å². The van der Waals surface area contributed by atoms with E-state index in [2.05, 4.69) is 65.5 Å². The van der Waals surface area contributed by atoms with E-state index in [-0.39, 0.29) is 5.78 Å². The number of hydrogen-bond donors (Lipinski definition) is 0. The van der Waals surface area contributed by atoms with Gasteiger partial charge in [0.05, 0.1) is 17.5 Å². The largest absolute Gasteiger partial charge is 0.398 e. The van der Waals surface area contributed by atoms with Crippen molar-refractivity contribution in [3.63, 3.8) is 0 Å². The Hall–Kier alpha value is -3.25. The van der Waals surface area contributed by atoms with Gasteiger partial charge in [-0.1, -0.05) is 24.3 Å². The second kappa shape index (κ2) is 8.60. The van der Waals surface area contributed by atoms with E-state index in [0.29, 0.717) is 5.89 Å². The highest BCUT2D eigenvalue weighted by Gasteiger charge is 2.37. The number of benzene rings is 2. The fraction of sp³-hybridized carbons (Fsp3) is 0.259. The molecule has 168 valence electrons. The number of aromatic nitrogens is 1. The average Bonchev–Trinajstić information content (AvgIpc) is 3.36. The summed E-state index contributed by atoms with van der Waals surface area (Å²) in [5, 5.41) is 0. The summed E-state index contributed by atoms with van der Waals surface area (Å²) >= 11 is 1.61. The zero-order valence-electron chi connectivity index (χ0n) is 19.5. The number of allylic oxidation sites excluding steroid dienone is 3. The number of rotatable bonds is 6. The number of anilines is 2. The highest BCUT2D eigenvalue weighted by atomic mass is 32.2. The highest BCUT2D eigenvalue weighted by Crippen LogP contribution is 2.45. The minimum absolute atomic E-state index is 0.0676. The van der Waals surface area contributed by atoms with E-state index in [1.165, 1.54) is 11.4 Å². The van der Waals surface area contributed by atoms with Gasteiger partial charge in [-0.05, 0) is 51.3 Å². The number of para-hydroxylation sites is 4. The van der Waals surface area contributed by atoms with Crippen molar-refractivity contribution in [3.05, 3.63) is 82.4 Å². The van der Waals surface area contributed by atoms with Crippen molar-refractivity contribution in [1.29, 1.82) is 0 Å². The first-order chi connectivity index (χ1) is 16.1. The first-order valence-electron chi connectivity index (χ1n) is 11.4. The van der Waals surface area contributed by atoms with Crippen molar-refractivity contribution in [2.75, 3.05) is 29.1 Å². The SMILES string of the molecule is CCN1C(=CC2=C(SC)/C(=C\c3oc4ccccc4[n+]3CC)C2=O)N(CC)c2ccccc21.